The van der Waals surface area contributed by atoms with Crippen LogP contribution in [-0.2, 0) is 23.8 Å². The first-order chi connectivity index (χ1) is 15.4. The van der Waals surface area contributed by atoms with Gasteiger partial charge in [-0.1, -0.05) is 13.8 Å². The Morgan fingerprint density at radius 3 is 1.62 bits per heavy atom. The summed E-state index contributed by atoms with van der Waals surface area (Å²) in [5.41, 5.74) is -1.22. The van der Waals surface area contributed by atoms with Gasteiger partial charge in [-0.3, -0.25) is 4.90 Å². The number of alkyl carbamates (subject to hydrolysis) is 1. The van der Waals surface area contributed by atoms with Gasteiger partial charge in [0.2, 0.25) is 0 Å². The third kappa shape index (κ3) is 17.9. The zero-order valence-corrected chi connectivity index (χ0v) is 22.1. The molecule has 200 valence electrons. The summed E-state index contributed by atoms with van der Waals surface area (Å²) in [7, 11) is 1.43. The Morgan fingerprint density at radius 2 is 1.35 bits per heavy atom. The van der Waals surface area contributed by atoms with Crippen molar-refractivity contribution >= 4 is 24.1 Å². The van der Waals surface area contributed by atoms with Crippen molar-refractivity contribution in [3.63, 3.8) is 0 Å². The highest BCUT2D eigenvalue weighted by Crippen LogP contribution is 2.12. The van der Waals surface area contributed by atoms with E-state index in [2.05, 4.69) is 5.32 Å². The van der Waals surface area contributed by atoms with Crippen molar-refractivity contribution in [1.82, 2.24) is 10.2 Å². The molecule has 1 heterocycles. The van der Waals surface area contributed by atoms with Gasteiger partial charge in [-0.25, -0.2) is 19.2 Å². The number of hydrogen-bond acceptors (Lipinski definition) is 7. The molecule has 11 heteroatoms. The molecule has 0 radical (unpaired) electrons. The van der Waals surface area contributed by atoms with Crippen LogP contribution in [-0.4, -0.2) is 82.8 Å². The minimum atomic E-state index is -1.06. The number of carbonyl (C=O) groups is 4. The molecule has 1 fully saturated rings. The van der Waals surface area contributed by atoms with E-state index in [1.165, 1.54) is 19.9 Å². The molecule has 0 aliphatic carbocycles. The third-order valence-corrected chi connectivity index (χ3v) is 4.05. The molecule has 2 amide bonds. The number of likely N-dealkylation sites (N-methyl/N-ethyl adjacent to an activating group) is 1. The van der Waals surface area contributed by atoms with E-state index in [-0.39, 0.29) is 0 Å². The largest absolute Gasteiger partial charge is 0.480 e. The zero-order chi connectivity index (χ0) is 27.1. The van der Waals surface area contributed by atoms with E-state index in [9.17, 15) is 19.2 Å². The minimum absolute atomic E-state index is 0.328. The van der Waals surface area contributed by atoms with Crippen molar-refractivity contribution in [2.75, 3.05) is 20.3 Å². The molecule has 0 aromatic rings. The number of carboxylic acid groups (broad SMARTS) is 2. The molecular weight excluding hydrogens is 448 g/mol. The van der Waals surface area contributed by atoms with Crippen molar-refractivity contribution < 1.29 is 43.6 Å². The lowest BCUT2D eigenvalue weighted by Crippen LogP contribution is -2.44. The molecule has 0 bridgehead atoms. The van der Waals surface area contributed by atoms with E-state index in [0.717, 1.165) is 18.1 Å². The van der Waals surface area contributed by atoms with Crippen LogP contribution >= 0.6 is 0 Å². The number of ether oxygens (including phenoxy) is 3. The molecule has 2 atom stereocenters. The van der Waals surface area contributed by atoms with Crippen molar-refractivity contribution in [3.8, 4) is 0 Å². The molecule has 0 unspecified atom stereocenters. The number of rotatable bonds is 6. The molecule has 0 aromatic heterocycles. The Labute approximate surface area is 203 Å². The average molecular weight is 493 g/mol. The highest BCUT2D eigenvalue weighted by atomic mass is 16.6. The van der Waals surface area contributed by atoms with Crippen LogP contribution in [0.2, 0.25) is 0 Å². The Hall–Kier alpha value is -2.56. The summed E-state index contributed by atoms with van der Waals surface area (Å²) in [6.45, 7) is 15.7. The fourth-order valence-electron chi connectivity index (χ4n) is 2.37. The molecule has 1 aliphatic heterocycles. The number of nitrogens with one attached hydrogen (secondary N) is 1. The van der Waals surface area contributed by atoms with Gasteiger partial charge in [-0.2, -0.15) is 0 Å². The second kappa shape index (κ2) is 16.1. The fraction of sp³-hybridized carbons (Fsp3) is 0.826. The van der Waals surface area contributed by atoms with Crippen LogP contribution in [0, 0.1) is 0 Å². The molecule has 11 nitrogen and oxygen atoms in total. The average Bonchev–Trinajstić information content (AvgIpc) is 3.23. The van der Waals surface area contributed by atoms with Gasteiger partial charge in [0.25, 0.3) is 0 Å². The number of nitrogens with zero attached hydrogens (tertiary/aromatic N) is 1. The summed E-state index contributed by atoms with van der Waals surface area (Å²) in [6, 6.07) is -1.72. The molecule has 3 N–H and O–H groups in total. The summed E-state index contributed by atoms with van der Waals surface area (Å²) in [6.07, 6.45) is 1.92. The Bertz CT molecular complexity index is 628. The summed E-state index contributed by atoms with van der Waals surface area (Å²) in [5, 5.41) is 19.8. The highest BCUT2D eigenvalue weighted by Gasteiger charge is 2.28. The Kier molecular flexibility index (Phi) is 15.9. The van der Waals surface area contributed by atoms with Gasteiger partial charge in [-0.05, 0) is 67.2 Å². The molecular formula is C23H44N2O9. The maximum atomic E-state index is 11.5. The predicted octanol–water partition coefficient (Wildman–Crippen LogP) is 3.89. The van der Waals surface area contributed by atoms with Crippen LogP contribution in [0.25, 0.3) is 0 Å². The smallest absolute Gasteiger partial charge is 0.410 e. The SMILES string of the molecule is C1CCOC1.CC[C@@H](NC(=O)OC(C)(C)C)C(=O)O.CC[C@H](C(=O)O)N(C)C(=O)OC(C)(C)C. The van der Waals surface area contributed by atoms with Gasteiger partial charge in [0, 0.05) is 20.3 Å². The summed E-state index contributed by atoms with van der Waals surface area (Å²) in [4.78, 5) is 45.1. The number of aliphatic carboxylic acids is 2. The van der Waals surface area contributed by atoms with E-state index in [4.69, 9.17) is 24.4 Å². The van der Waals surface area contributed by atoms with Gasteiger partial charge < -0.3 is 29.7 Å². The maximum Gasteiger partial charge on any atom is 0.410 e. The van der Waals surface area contributed by atoms with Gasteiger partial charge >= 0.3 is 24.1 Å². The van der Waals surface area contributed by atoms with Crippen molar-refractivity contribution in [1.29, 1.82) is 0 Å². The first-order valence-corrected chi connectivity index (χ1v) is 11.4. The normalized spacial score (nSPS) is 14.7. The van der Waals surface area contributed by atoms with E-state index >= 15 is 0 Å². The van der Waals surface area contributed by atoms with Gasteiger partial charge in [-0.15, -0.1) is 0 Å². The number of carboxylic acids is 2. The standard InChI is InChI=1S/C10H19NO4.C9H17NO4.C4H8O/c1-6-7(8(12)13)11(5)9(14)15-10(2,3)4;1-5-6(7(11)12)10-8(13)14-9(2,3)4;1-2-4-5-3-1/h7H,6H2,1-5H3,(H,12,13);6H,5H2,1-4H3,(H,10,13)(H,11,12);1-4H2/t7-;6-;/m11./s1. The summed E-state index contributed by atoms with van der Waals surface area (Å²) < 4.78 is 14.9. The van der Waals surface area contributed by atoms with Gasteiger partial charge in [0.05, 0.1) is 0 Å². The molecule has 1 rings (SSSR count). The van der Waals surface area contributed by atoms with Gasteiger partial charge in [0.1, 0.15) is 23.3 Å². The molecule has 1 saturated heterocycles. The Balaban J connectivity index is 0. The van der Waals surface area contributed by atoms with Crippen LogP contribution in [0.5, 0.6) is 0 Å². The molecule has 1 aliphatic rings. The van der Waals surface area contributed by atoms with Crippen molar-refractivity contribution in [3.05, 3.63) is 0 Å². The second-order valence-electron chi connectivity index (χ2n) is 9.62. The first kappa shape index (κ1) is 33.6. The quantitative estimate of drug-likeness (QED) is 0.501. The maximum absolute atomic E-state index is 11.5. The number of amides is 2. The lowest BCUT2D eigenvalue weighted by Gasteiger charge is -2.27. The van der Waals surface area contributed by atoms with Crippen LogP contribution in [0.4, 0.5) is 9.59 Å². The van der Waals surface area contributed by atoms with E-state index < -0.39 is 47.4 Å². The second-order valence-corrected chi connectivity index (χ2v) is 9.62. The fourth-order valence-corrected chi connectivity index (χ4v) is 2.37. The zero-order valence-electron chi connectivity index (χ0n) is 22.1. The first-order valence-electron chi connectivity index (χ1n) is 11.4. The third-order valence-electron chi connectivity index (χ3n) is 4.05. The van der Waals surface area contributed by atoms with E-state index in [0.29, 0.717) is 12.8 Å². The lowest BCUT2D eigenvalue weighted by atomic mass is 10.2. The van der Waals surface area contributed by atoms with Crippen LogP contribution in [0.3, 0.4) is 0 Å². The van der Waals surface area contributed by atoms with Crippen molar-refractivity contribution in [2.24, 2.45) is 0 Å². The molecule has 0 aromatic carbocycles. The number of hydrogen-bond donors (Lipinski definition) is 3. The van der Waals surface area contributed by atoms with Gasteiger partial charge in [0.15, 0.2) is 0 Å². The van der Waals surface area contributed by atoms with Crippen LogP contribution in [0.15, 0.2) is 0 Å². The summed E-state index contributed by atoms with van der Waals surface area (Å²) >= 11 is 0. The number of carbonyl (C=O) groups excluding carboxylic acids is 2. The van der Waals surface area contributed by atoms with E-state index in [1.54, 1.807) is 55.4 Å². The van der Waals surface area contributed by atoms with Crippen LogP contribution in [0.1, 0.15) is 81.1 Å². The molecule has 0 spiro atoms. The topological polar surface area (TPSA) is 152 Å². The highest BCUT2D eigenvalue weighted by molar-refractivity contribution is 5.80. The monoisotopic (exact) mass is 492 g/mol. The lowest BCUT2D eigenvalue weighted by molar-refractivity contribution is -0.142. The van der Waals surface area contributed by atoms with Crippen LogP contribution < -0.4 is 5.32 Å². The summed E-state index contributed by atoms with van der Waals surface area (Å²) in [5.74, 6) is -2.08. The van der Waals surface area contributed by atoms with E-state index in [1.807, 2.05) is 0 Å². The Morgan fingerprint density at radius 1 is 0.882 bits per heavy atom. The predicted molar refractivity (Wildman–Crippen MR) is 127 cm³/mol. The van der Waals surface area contributed by atoms with Crippen molar-refractivity contribution in [2.45, 2.75) is 104 Å². The molecule has 34 heavy (non-hydrogen) atoms. The minimum Gasteiger partial charge on any atom is -0.480 e. The molecule has 0 saturated carbocycles.